The molecule has 3 N–H and O–H groups in total. The summed E-state index contributed by atoms with van der Waals surface area (Å²) >= 11 is 0. The molecule has 0 bridgehead atoms. The van der Waals surface area contributed by atoms with E-state index in [1.165, 1.54) is 12.1 Å². The summed E-state index contributed by atoms with van der Waals surface area (Å²) in [5.41, 5.74) is -0.602. The Balaban J connectivity index is 2.44. The zero-order valence-electron chi connectivity index (χ0n) is 11.5. The standard InChI is InChI=1S/C14H13NO7/c1-6-7-2-3-9(16)12(20)13(7)22-14(21)8(6)4-10(17)15-5-11(18)19/h2-3,16,20H,4-5H2,1H3,(H,15,17)(H,18,19)/p-1. The van der Waals surface area contributed by atoms with Gasteiger partial charge in [-0.1, -0.05) is 0 Å². The number of phenolic OH excluding ortho intramolecular Hbond substituents is 2. The number of carboxylic acid groups (broad SMARTS) is 1. The number of amides is 1. The minimum atomic E-state index is -1.45. The van der Waals surface area contributed by atoms with Crippen LogP contribution in [-0.2, 0) is 16.0 Å². The van der Waals surface area contributed by atoms with E-state index in [0.29, 0.717) is 10.9 Å². The van der Waals surface area contributed by atoms with E-state index in [-0.39, 0.29) is 17.6 Å². The quantitative estimate of drug-likeness (QED) is 0.482. The lowest BCUT2D eigenvalue weighted by Crippen LogP contribution is -2.38. The highest BCUT2D eigenvalue weighted by atomic mass is 16.4. The van der Waals surface area contributed by atoms with Crippen LogP contribution in [0.25, 0.3) is 11.0 Å². The molecule has 8 heteroatoms. The maximum absolute atomic E-state index is 11.9. The molecule has 1 aromatic heterocycles. The molecule has 0 saturated heterocycles. The summed E-state index contributed by atoms with van der Waals surface area (Å²) in [6.45, 7) is 0.891. The second kappa shape index (κ2) is 5.76. The summed E-state index contributed by atoms with van der Waals surface area (Å²) in [5.74, 6) is -3.13. The number of aromatic hydroxyl groups is 2. The summed E-state index contributed by atoms with van der Waals surface area (Å²) in [6.07, 6.45) is -0.376. The summed E-state index contributed by atoms with van der Waals surface area (Å²) in [4.78, 5) is 33.8. The number of aliphatic carboxylic acids is 1. The van der Waals surface area contributed by atoms with Gasteiger partial charge in [-0.05, 0) is 24.6 Å². The second-order valence-electron chi connectivity index (χ2n) is 4.63. The predicted molar refractivity (Wildman–Crippen MR) is 72.3 cm³/mol. The van der Waals surface area contributed by atoms with Gasteiger partial charge in [-0.25, -0.2) is 4.79 Å². The van der Waals surface area contributed by atoms with Gasteiger partial charge in [0.15, 0.2) is 11.3 Å². The molecule has 0 saturated carbocycles. The van der Waals surface area contributed by atoms with Gasteiger partial charge in [0.25, 0.3) is 0 Å². The van der Waals surface area contributed by atoms with Crippen molar-refractivity contribution in [1.82, 2.24) is 5.32 Å². The van der Waals surface area contributed by atoms with Crippen molar-refractivity contribution in [2.75, 3.05) is 6.54 Å². The maximum atomic E-state index is 11.9. The lowest BCUT2D eigenvalue weighted by molar-refractivity contribution is -0.304. The van der Waals surface area contributed by atoms with Crippen LogP contribution in [0.3, 0.4) is 0 Å². The first-order valence-corrected chi connectivity index (χ1v) is 6.25. The fourth-order valence-electron chi connectivity index (χ4n) is 2.03. The molecule has 0 aliphatic heterocycles. The number of benzene rings is 1. The third-order valence-electron chi connectivity index (χ3n) is 3.18. The lowest BCUT2D eigenvalue weighted by atomic mass is 10.0. The van der Waals surface area contributed by atoms with Crippen LogP contribution in [0.15, 0.2) is 21.3 Å². The van der Waals surface area contributed by atoms with Crippen molar-refractivity contribution < 1.29 is 29.3 Å². The molecule has 2 rings (SSSR count). The van der Waals surface area contributed by atoms with Crippen LogP contribution < -0.4 is 16.0 Å². The van der Waals surface area contributed by atoms with Gasteiger partial charge in [-0.3, -0.25) is 4.79 Å². The molecule has 0 atom stereocenters. The molecule has 0 aliphatic rings. The minimum absolute atomic E-state index is 0.0356. The zero-order chi connectivity index (χ0) is 16.4. The van der Waals surface area contributed by atoms with Crippen LogP contribution in [0, 0.1) is 6.92 Å². The molecule has 116 valence electrons. The van der Waals surface area contributed by atoms with E-state index in [9.17, 15) is 29.7 Å². The Morgan fingerprint density at radius 3 is 2.64 bits per heavy atom. The number of nitrogens with one attached hydrogen (secondary N) is 1. The van der Waals surface area contributed by atoms with Gasteiger partial charge >= 0.3 is 5.63 Å². The first-order valence-electron chi connectivity index (χ1n) is 6.25. The van der Waals surface area contributed by atoms with E-state index in [1.807, 2.05) is 0 Å². The largest absolute Gasteiger partial charge is 0.548 e. The number of fused-ring (bicyclic) bond motifs is 1. The molecule has 0 radical (unpaired) electrons. The predicted octanol–water partition coefficient (Wildman–Crippen LogP) is -1.08. The average molecular weight is 306 g/mol. The Labute approximate surface area is 123 Å². The van der Waals surface area contributed by atoms with E-state index < -0.39 is 35.5 Å². The third-order valence-corrected chi connectivity index (χ3v) is 3.18. The van der Waals surface area contributed by atoms with Crippen molar-refractivity contribution in [2.45, 2.75) is 13.3 Å². The minimum Gasteiger partial charge on any atom is -0.548 e. The Bertz CT molecular complexity index is 822. The Morgan fingerprint density at radius 1 is 1.32 bits per heavy atom. The van der Waals surface area contributed by atoms with Crippen molar-refractivity contribution >= 4 is 22.8 Å². The van der Waals surface area contributed by atoms with Gasteiger partial charge in [0, 0.05) is 5.39 Å². The number of hydrogen-bond acceptors (Lipinski definition) is 7. The van der Waals surface area contributed by atoms with E-state index in [2.05, 4.69) is 5.32 Å². The smallest absolute Gasteiger partial charge is 0.340 e. The number of carbonyl (C=O) groups excluding carboxylic acids is 2. The van der Waals surface area contributed by atoms with Gasteiger partial charge in [0.1, 0.15) is 0 Å². The van der Waals surface area contributed by atoms with Gasteiger partial charge in [0.05, 0.1) is 24.5 Å². The number of rotatable bonds is 4. The van der Waals surface area contributed by atoms with Crippen LogP contribution in [0.1, 0.15) is 11.1 Å². The van der Waals surface area contributed by atoms with Crippen molar-refractivity contribution in [1.29, 1.82) is 0 Å². The Morgan fingerprint density at radius 2 is 2.00 bits per heavy atom. The Kier molecular flexibility index (Phi) is 4.02. The second-order valence-corrected chi connectivity index (χ2v) is 4.63. The van der Waals surface area contributed by atoms with Crippen LogP contribution in [0.4, 0.5) is 0 Å². The van der Waals surface area contributed by atoms with Gasteiger partial charge in [-0.2, -0.15) is 0 Å². The highest BCUT2D eigenvalue weighted by Crippen LogP contribution is 2.34. The van der Waals surface area contributed by atoms with Crippen molar-refractivity contribution in [2.24, 2.45) is 0 Å². The molecule has 0 unspecified atom stereocenters. The number of phenols is 2. The molecule has 0 spiro atoms. The fourth-order valence-corrected chi connectivity index (χ4v) is 2.03. The van der Waals surface area contributed by atoms with Crippen molar-refractivity contribution in [3.05, 3.63) is 33.7 Å². The molecular formula is C14H12NO7-. The number of carboxylic acids is 1. The van der Waals surface area contributed by atoms with Crippen LogP contribution in [0.2, 0.25) is 0 Å². The van der Waals surface area contributed by atoms with E-state index in [1.54, 1.807) is 6.92 Å². The topological polar surface area (TPSA) is 140 Å². The molecular weight excluding hydrogens is 294 g/mol. The molecule has 1 aromatic carbocycles. The molecule has 1 heterocycles. The van der Waals surface area contributed by atoms with Crippen LogP contribution in [0.5, 0.6) is 11.5 Å². The van der Waals surface area contributed by atoms with Crippen LogP contribution in [-0.4, -0.2) is 28.6 Å². The van der Waals surface area contributed by atoms with Crippen LogP contribution >= 0.6 is 0 Å². The number of hydrogen-bond donors (Lipinski definition) is 3. The molecule has 2 aromatic rings. The van der Waals surface area contributed by atoms with E-state index in [0.717, 1.165) is 0 Å². The van der Waals surface area contributed by atoms with Gasteiger partial charge in [0.2, 0.25) is 11.7 Å². The first kappa shape index (κ1) is 15.4. The maximum Gasteiger partial charge on any atom is 0.340 e. The van der Waals surface area contributed by atoms with Crippen molar-refractivity contribution in [3.63, 3.8) is 0 Å². The molecule has 1 amide bonds. The first-order chi connectivity index (χ1) is 10.3. The Hall–Kier alpha value is -3.03. The normalized spacial score (nSPS) is 10.6. The van der Waals surface area contributed by atoms with E-state index in [4.69, 9.17) is 4.42 Å². The van der Waals surface area contributed by atoms with Gasteiger partial charge in [-0.15, -0.1) is 0 Å². The molecule has 0 aliphatic carbocycles. The molecule has 8 nitrogen and oxygen atoms in total. The highest BCUT2D eigenvalue weighted by Gasteiger charge is 2.17. The number of carbonyl (C=O) groups is 2. The number of aryl methyl sites for hydroxylation is 1. The average Bonchev–Trinajstić information content (AvgIpc) is 2.45. The van der Waals surface area contributed by atoms with Gasteiger partial charge < -0.3 is 29.8 Å². The summed E-state index contributed by atoms with van der Waals surface area (Å²) < 4.78 is 4.94. The lowest BCUT2D eigenvalue weighted by Gasteiger charge is -2.10. The summed E-state index contributed by atoms with van der Waals surface area (Å²) in [7, 11) is 0. The summed E-state index contributed by atoms with van der Waals surface area (Å²) in [6, 6.07) is 2.66. The molecule has 0 fully saturated rings. The SMILES string of the molecule is Cc1c(CC(=O)NCC(=O)[O-])c(=O)oc2c(O)c(O)ccc12. The molecule has 22 heavy (non-hydrogen) atoms. The summed E-state index contributed by atoms with van der Waals surface area (Å²) in [5, 5.41) is 31.8. The zero-order valence-corrected chi connectivity index (χ0v) is 11.5. The monoisotopic (exact) mass is 306 g/mol. The fraction of sp³-hybridized carbons (Fsp3) is 0.214. The highest BCUT2D eigenvalue weighted by molar-refractivity contribution is 5.89. The third kappa shape index (κ3) is 2.85. The van der Waals surface area contributed by atoms with E-state index >= 15 is 0 Å². The van der Waals surface area contributed by atoms with Crippen molar-refractivity contribution in [3.8, 4) is 11.5 Å².